The van der Waals surface area contributed by atoms with Crippen LogP contribution in [0.25, 0.3) is 29.1 Å². The van der Waals surface area contributed by atoms with Crippen molar-refractivity contribution in [1.82, 2.24) is 9.97 Å². The van der Waals surface area contributed by atoms with Crippen molar-refractivity contribution >= 4 is 33.0 Å². The van der Waals surface area contributed by atoms with Crippen LogP contribution in [0, 0.1) is 0 Å². The maximum absolute atomic E-state index is 12.6. The Bertz CT molecular complexity index is 1310. The average molecular weight is 474 g/mol. The number of hydrogen-bond donors (Lipinski definition) is 0. The normalized spacial score (nSPS) is 12.0. The van der Waals surface area contributed by atoms with Gasteiger partial charge in [0.05, 0.1) is 21.7 Å². The molecule has 0 aliphatic carbocycles. The van der Waals surface area contributed by atoms with Crippen LogP contribution in [-0.2, 0) is 9.84 Å². The van der Waals surface area contributed by atoms with Gasteiger partial charge in [0.2, 0.25) is 5.95 Å². The summed E-state index contributed by atoms with van der Waals surface area (Å²) in [6.45, 7) is 2.18. The van der Waals surface area contributed by atoms with Gasteiger partial charge in [-0.15, -0.1) is 0 Å². The van der Waals surface area contributed by atoms with E-state index < -0.39 is 9.84 Å². The minimum atomic E-state index is -3.22. The summed E-state index contributed by atoms with van der Waals surface area (Å²) >= 11 is 0. The van der Waals surface area contributed by atoms with Crippen molar-refractivity contribution in [2.24, 2.45) is 0 Å². The number of hydrogen-bond acceptors (Lipinski definition) is 3. The van der Waals surface area contributed by atoms with E-state index in [9.17, 15) is 8.42 Å². The first-order valence-electron chi connectivity index (χ1n) is 12.0. The first-order chi connectivity index (χ1) is 16.5. The number of pyridine rings is 1. The topological polar surface area (TPSA) is 65.0 Å². The van der Waals surface area contributed by atoms with E-state index in [1.54, 1.807) is 12.1 Å². The summed E-state index contributed by atoms with van der Waals surface area (Å²) in [6.07, 6.45) is 14.3. The highest BCUT2D eigenvalue weighted by Gasteiger charge is 2.13. The molecule has 0 spiro atoms. The van der Waals surface area contributed by atoms with Gasteiger partial charge in [0, 0.05) is 12.4 Å². The van der Waals surface area contributed by atoms with Crippen molar-refractivity contribution in [3.63, 3.8) is 0 Å². The van der Waals surface area contributed by atoms with Gasteiger partial charge in [-0.1, -0.05) is 75.4 Å². The van der Waals surface area contributed by atoms with Crippen LogP contribution >= 0.6 is 0 Å². The van der Waals surface area contributed by atoms with E-state index in [0.29, 0.717) is 10.8 Å². The van der Waals surface area contributed by atoms with Crippen LogP contribution in [0.1, 0.15) is 56.6 Å². The number of benzene rings is 2. The molecule has 0 atom stereocenters. The number of rotatable bonds is 11. The van der Waals surface area contributed by atoms with E-state index in [2.05, 4.69) is 16.9 Å². The van der Waals surface area contributed by atoms with Gasteiger partial charge in [-0.2, -0.15) is 0 Å². The molecule has 0 fully saturated rings. The molecular weight excluding hydrogens is 442 g/mol. The molecule has 0 amide bonds. The number of unbranched alkanes of at least 4 members (excludes halogenated alkanes) is 5. The zero-order valence-electron chi connectivity index (χ0n) is 19.6. The van der Waals surface area contributed by atoms with Gasteiger partial charge in [-0.3, -0.25) is 4.57 Å². The van der Waals surface area contributed by atoms with E-state index in [1.165, 1.54) is 19.3 Å². The minimum absolute atomic E-state index is 0.223. The molecule has 0 aliphatic heterocycles. The van der Waals surface area contributed by atoms with Crippen LogP contribution in [0.4, 0.5) is 0 Å². The summed E-state index contributed by atoms with van der Waals surface area (Å²) in [6, 6.07) is 18.9. The third-order valence-corrected chi connectivity index (χ3v) is 7.70. The molecule has 176 valence electrons. The molecule has 5 nitrogen and oxygen atoms in total. The smallest absolute Gasteiger partial charge is 0.234 e. The number of para-hydroxylation sites is 2. The fraction of sp³-hybridized carbons (Fsp3) is 0.286. The fourth-order valence-corrected chi connectivity index (χ4v) is 5.23. The molecule has 0 aliphatic rings. The summed E-state index contributed by atoms with van der Waals surface area (Å²) in [5.74, 6) is 0.871. The molecule has 4 aromatic rings. The average Bonchev–Trinajstić information content (AvgIpc) is 3.30. The zero-order chi connectivity index (χ0) is 23.8. The maximum atomic E-state index is 12.6. The predicted molar refractivity (Wildman–Crippen MR) is 137 cm³/mol. The highest BCUT2D eigenvalue weighted by atomic mass is 32.2. The van der Waals surface area contributed by atoms with Crippen LogP contribution in [0.3, 0.4) is 0 Å². The SMILES string of the molecule is CCCCCCCCS(=O)(=O)c1ccc(C=Cc2cc[n+](-c3nc4ccccc4[n-]3)cc2)cc1. The summed E-state index contributed by atoms with van der Waals surface area (Å²) in [7, 11) is -3.22. The van der Waals surface area contributed by atoms with Crippen molar-refractivity contribution in [3.8, 4) is 5.95 Å². The van der Waals surface area contributed by atoms with Crippen LogP contribution in [-0.4, -0.2) is 19.2 Å². The lowest BCUT2D eigenvalue weighted by atomic mass is 10.1. The Labute approximate surface area is 202 Å². The Morgan fingerprint density at radius 1 is 0.824 bits per heavy atom. The molecule has 0 bridgehead atoms. The Balaban J connectivity index is 1.34. The molecule has 4 rings (SSSR count). The van der Waals surface area contributed by atoms with Crippen molar-refractivity contribution in [1.29, 1.82) is 0 Å². The van der Waals surface area contributed by atoms with E-state index in [1.807, 2.05) is 77.6 Å². The molecule has 34 heavy (non-hydrogen) atoms. The Morgan fingerprint density at radius 2 is 1.47 bits per heavy atom. The molecular formula is C28H31N3O2S. The molecule has 2 aromatic carbocycles. The van der Waals surface area contributed by atoms with E-state index in [4.69, 9.17) is 0 Å². The molecule has 2 heterocycles. The van der Waals surface area contributed by atoms with Crippen molar-refractivity contribution in [2.45, 2.75) is 50.3 Å². The van der Waals surface area contributed by atoms with E-state index >= 15 is 0 Å². The quantitative estimate of drug-likeness (QED) is 0.205. The molecule has 0 N–H and O–H groups in total. The lowest BCUT2D eigenvalue weighted by Gasteiger charge is -2.05. The number of sulfone groups is 1. The second kappa shape index (κ2) is 11.3. The van der Waals surface area contributed by atoms with Gasteiger partial charge in [-0.25, -0.2) is 18.4 Å². The highest BCUT2D eigenvalue weighted by Crippen LogP contribution is 2.17. The molecule has 0 saturated carbocycles. The minimum Gasteiger partial charge on any atom is -0.293 e. The third-order valence-electron chi connectivity index (χ3n) is 5.88. The molecule has 2 aromatic heterocycles. The monoisotopic (exact) mass is 473 g/mol. The molecule has 0 saturated heterocycles. The van der Waals surface area contributed by atoms with Gasteiger partial charge in [-0.05, 0) is 53.9 Å². The number of aromatic nitrogens is 3. The Hall–Kier alpha value is -3.25. The lowest BCUT2D eigenvalue weighted by molar-refractivity contribution is -0.603. The fourth-order valence-electron chi connectivity index (χ4n) is 3.86. The second-order valence-corrected chi connectivity index (χ2v) is 10.6. The zero-order valence-corrected chi connectivity index (χ0v) is 20.4. The largest absolute Gasteiger partial charge is 0.293 e. The van der Waals surface area contributed by atoms with Crippen LogP contribution in [0.5, 0.6) is 0 Å². The summed E-state index contributed by atoms with van der Waals surface area (Å²) in [4.78, 5) is 9.51. The van der Waals surface area contributed by atoms with Gasteiger partial charge in [0.25, 0.3) is 0 Å². The predicted octanol–water partition coefficient (Wildman–Crippen LogP) is 5.77. The summed E-state index contributed by atoms with van der Waals surface area (Å²) in [5.41, 5.74) is 3.76. The van der Waals surface area contributed by atoms with Crippen molar-refractivity contribution < 1.29 is 13.0 Å². The number of imidazole rings is 1. The molecule has 0 unspecified atom stereocenters. The van der Waals surface area contributed by atoms with Gasteiger partial charge >= 0.3 is 0 Å². The van der Waals surface area contributed by atoms with Gasteiger partial charge in [0.15, 0.2) is 9.84 Å². The lowest BCUT2D eigenvalue weighted by Crippen LogP contribution is -2.31. The standard InChI is InChI=1S/C28H31N3O2S/c1-2-3-4-5-6-9-22-34(32,33)25-16-14-23(15-17-25)12-13-24-18-20-31(21-19-24)28-29-26-10-7-8-11-27(26)30-28/h7-8,10-21H,2-6,9,22H2,1H3. The first kappa shape index (κ1) is 23.9. The van der Waals surface area contributed by atoms with E-state index in [-0.39, 0.29) is 5.75 Å². The van der Waals surface area contributed by atoms with Crippen LogP contribution in [0.15, 0.2) is 78.0 Å². The van der Waals surface area contributed by atoms with Gasteiger partial charge < -0.3 is 0 Å². The van der Waals surface area contributed by atoms with E-state index in [0.717, 1.165) is 41.4 Å². The maximum Gasteiger partial charge on any atom is 0.234 e. The van der Waals surface area contributed by atoms with Crippen LogP contribution in [0.2, 0.25) is 0 Å². The second-order valence-electron chi connectivity index (χ2n) is 8.54. The highest BCUT2D eigenvalue weighted by molar-refractivity contribution is 7.91. The van der Waals surface area contributed by atoms with Gasteiger partial charge in [0.1, 0.15) is 0 Å². The Kier molecular flexibility index (Phi) is 7.91. The molecule has 6 heteroatoms. The van der Waals surface area contributed by atoms with Crippen LogP contribution < -0.4 is 9.55 Å². The third kappa shape index (κ3) is 6.20. The Morgan fingerprint density at radius 3 is 2.18 bits per heavy atom. The molecule has 0 radical (unpaired) electrons. The van der Waals surface area contributed by atoms with Crippen molar-refractivity contribution in [3.05, 3.63) is 84.2 Å². The van der Waals surface area contributed by atoms with Crippen molar-refractivity contribution in [2.75, 3.05) is 5.75 Å². The summed E-state index contributed by atoms with van der Waals surface area (Å²) in [5, 5.41) is 0. The first-order valence-corrected chi connectivity index (χ1v) is 13.6. The number of nitrogens with zero attached hydrogens (tertiary/aromatic N) is 3. The number of fused-ring (bicyclic) bond motifs is 1. The summed E-state index contributed by atoms with van der Waals surface area (Å²) < 4.78 is 27.1.